The number of ether oxygens (including phenoxy) is 2. The Morgan fingerprint density at radius 3 is 2.94 bits per heavy atom. The molecule has 6 nitrogen and oxygen atoms in total. The van der Waals surface area contributed by atoms with Gasteiger partial charge in [0.2, 0.25) is 0 Å². The van der Waals surface area contributed by atoms with E-state index in [2.05, 4.69) is 0 Å². The van der Waals surface area contributed by atoms with E-state index in [9.17, 15) is 10.1 Å². The molecule has 0 saturated heterocycles. The average molecular weight is 236 g/mol. The van der Waals surface area contributed by atoms with Gasteiger partial charge in [-0.05, 0) is 13.0 Å². The van der Waals surface area contributed by atoms with Crippen LogP contribution < -0.4 is 4.74 Å². The van der Waals surface area contributed by atoms with Crippen LogP contribution in [0.3, 0.4) is 0 Å². The molecule has 0 aliphatic heterocycles. The summed E-state index contributed by atoms with van der Waals surface area (Å²) in [6.45, 7) is 2.14. The molecule has 0 spiro atoms. The fourth-order valence-electron chi connectivity index (χ4n) is 1.11. The standard InChI is InChI=1S/C11H12N2O4/c1-9(8-12)16-5-6-17-11-4-2-3-10(7-11)13(14)15/h2-4,7,9H,5-6H2,1H3. The summed E-state index contributed by atoms with van der Waals surface area (Å²) in [6.07, 6.45) is -0.483. The lowest BCUT2D eigenvalue weighted by Crippen LogP contribution is -2.12. The molecule has 1 unspecified atom stereocenters. The number of nitriles is 1. The van der Waals surface area contributed by atoms with Crippen LogP contribution in [0.4, 0.5) is 5.69 Å². The van der Waals surface area contributed by atoms with E-state index in [4.69, 9.17) is 14.7 Å². The van der Waals surface area contributed by atoms with Crippen LogP contribution in [0, 0.1) is 21.4 Å². The Balaban J connectivity index is 2.40. The highest BCUT2D eigenvalue weighted by molar-refractivity contribution is 5.37. The Morgan fingerprint density at radius 1 is 1.53 bits per heavy atom. The van der Waals surface area contributed by atoms with E-state index >= 15 is 0 Å². The monoisotopic (exact) mass is 236 g/mol. The predicted octanol–water partition coefficient (Wildman–Crippen LogP) is 1.90. The van der Waals surface area contributed by atoms with Gasteiger partial charge in [0.1, 0.15) is 18.5 Å². The van der Waals surface area contributed by atoms with Gasteiger partial charge in [0.05, 0.1) is 23.7 Å². The van der Waals surface area contributed by atoms with Crippen molar-refractivity contribution in [2.45, 2.75) is 13.0 Å². The Bertz CT molecular complexity index is 428. The molecule has 1 aromatic rings. The van der Waals surface area contributed by atoms with E-state index in [0.717, 1.165) is 0 Å². The van der Waals surface area contributed by atoms with E-state index < -0.39 is 11.0 Å². The highest BCUT2D eigenvalue weighted by atomic mass is 16.6. The number of rotatable bonds is 6. The van der Waals surface area contributed by atoms with Crippen molar-refractivity contribution in [3.8, 4) is 11.8 Å². The summed E-state index contributed by atoms with van der Waals surface area (Å²) in [4.78, 5) is 10.0. The topological polar surface area (TPSA) is 85.4 Å². The zero-order chi connectivity index (χ0) is 12.7. The van der Waals surface area contributed by atoms with Crippen molar-refractivity contribution in [1.29, 1.82) is 5.26 Å². The lowest BCUT2D eigenvalue weighted by Gasteiger charge is -2.07. The summed E-state index contributed by atoms with van der Waals surface area (Å²) < 4.78 is 10.3. The van der Waals surface area contributed by atoms with E-state index in [1.54, 1.807) is 19.1 Å². The summed E-state index contributed by atoms with van der Waals surface area (Å²) in [5.41, 5.74) is -0.0196. The fourth-order valence-corrected chi connectivity index (χ4v) is 1.11. The van der Waals surface area contributed by atoms with Crippen LogP contribution >= 0.6 is 0 Å². The van der Waals surface area contributed by atoms with Crippen molar-refractivity contribution >= 4 is 5.69 Å². The van der Waals surface area contributed by atoms with Gasteiger partial charge in [0, 0.05) is 6.07 Å². The maximum Gasteiger partial charge on any atom is 0.273 e. The van der Waals surface area contributed by atoms with E-state index in [1.807, 2.05) is 6.07 Å². The van der Waals surface area contributed by atoms with Gasteiger partial charge in [-0.3, -0.25) is 10.1 Å². The van der Waals surface area contributed by atoms with Crippen LogP contribution in [0.1, 0.15) is 6.92 Å². The molecule has 0 radical (unpaired) electrons. The highest BCUT2D eigenvalue weighted by Gasteiger charge is 2.06. The molecule has 1 aromatic carbocycles. The van der Waals surface area contributed by atoms with Gasteiger partial charge >= 0.3 is 0 Å². The smallest absolute Gasteiger partial charge is 0.273 e. The third kappa shape index (κ3) is 4.49. The van der Waals surface area contributed by atoms with Crippen molar-refractivity contribution < 1.29 is 14.4 Å². The highest BCUT2D eigenvalue weighted by Crippen LogP contribution is 2.18. The van der Waals surface area contributed by atoms with Crippen LogP contribution in [0.5, 0.6) is 5.75 Å². The van der Waals surface area contributed by atoms with Crippen LogP contribution in [0.2, 0.25) is 0 Å². The number of nitro groups is 1. The number of nitrogens with zero attached hydrogens (tertiary/aromatic N) is 2. The number of non-ortho nitro benzene ring substituents is 1. The van der Waals surface area contributed by atoms with Gasteiger partial charge in [0.15, 0.2) is 0 Å². The first-order valence-electron chi connectivity index (χ1n) is 5.02. The zero-order valence-corrected chi connectivity index (χ0v) is 9.33. The first-order valence-corrected chi connectivity index (χ1v) is 5.02. The van der Waals surface area contributed by atoms with Gasteiger partial charge < -0.3 is 9.47 Å². The first kappa shape index (κ1) is 12.9. The van der Waals surface area contributed by atoms with Crippen molar-refractivity contribution in [2.75, 3.05) is 13.2 Å². The lowest BCUT2D eigenvalue weighted by atomic mass is 10.3. The molecule has 0 N–H and O–H groups in total. The Kier molecular flexibility index (Phi) is 4.91. The van der Waals surface area contributed by atoms with Gasteiger partial charge in [-0.25, -0.2) is 0 Å². The fraction of sp³-hybridized carbons (Fsp3) is 0.364. The molecule has 0 fully saturated rings. The second-order valence-corrected chi connectivity index (χ2v) is 3.25. The van der Waals surface area contributed by atoms with E-state index in [-0.39, 0.29) is 18.9 Å². The Morgan fingerprint density at radius 2 is 2.29 bits per heavy atom. The molecular weight excluding hydrogens is 224 g/mol. The molecule has 0 aliphatic rings. The van der Waals surface area contributed by atoms with Gasteiger partial charge in [-0.15, -0.1) is 0 Å². The van der Waals surface area contributed by atoms with E-state index in [0.29, 0.717) is 5.75 Å². The molecule has 0 saturated carbocycles. The molecule has 1 atom stereocenters. The molecule has 0 aromatic heterocycles. The summed E-state index contributed by atoms with van der Waals surface area (Å²) >= 11 is 0. The molecule has 17 heavy (non-hydrogen) atoms. The van der Waals surface area contributed by atoms with Crippen molar-refractivity contribution in [3.63, 3.8) is 0 Å². The number of hydrogen-bond donors (Lipinski definition) is 0. The maximum absolute atomic E-state index is 10.5. The molecule has 90 valence electrons. The maximum atomic E-state index is 10.5. The van der Waals surface area contributed by atoms with E-state index in [1.165, 1.54) is 12.1 Å². The van der Waals surface area contributed by atoms with Gasteiger partial charge in [0.25, 0.3) is 5.69 Å². The van der Waals surface area contributed by atoms with Crippen LogP contribution in [0.25, 0.3) is 0 Å². The van der Waals surface area contributed by atoms with Crippen molar-refractivity contribution in [2.24, 2.45) is 0 Å². The molecule has 0 heterocycles. The second kappa shape index (κ2) is 6.45. The molecule has 0 aliphatic carbocycles. The third-order valence-corrected chi connectivity index (χ3v) is 1.93. The SMILES string of the molecule is CC(C#N)OCCOc1cccc([N+](=O)[O-])c1. The number of benzene rings is 1. The summed E-state index contributed by atoms with van der Waals surface area (Å²) in [5.74, 6) is 0.410. The van der Waals surface area contributed by atoms with Crippen molar-refractivity contribution in [1.82, 2.24) is 0 Å². The summed E-state index contributed by atoms with van der Waals surface area (Å²) in [7, 11) is 0. The van der Waals surface area contributed by atoms with Crippen LogP contribution in [-0.2, 0) is 4.74 Å². The minimum absolute atomic E-state index is 0.0196. The molecule has 0 bridgehead atoms. The van der Waals surface area contributed by atoms with Crippen LogP contribution in [0.15, 0.2) is 24.3 Å². The zero-order valence-electron chi connectivity index (χ0n) is 9.33. The normalized spacial score (nSPS) is 11.5. The molecule has 1 rings (SSSR count). The minimum Gasteiger partial charge on any atom is -0.491 e. The first-order chi connectivity index (χ1) is 8.13. The summed E-state index contributed by atoms with van der Waals surface area (Å²) in [6, 6.07) is 7.83. The van der Waals surface area contributed by atoms with Crippen molar-refractivity contribution in [3.05, 3.63) is 34.4 Å². The average Bonchev–Trinajstić information content (AvgIpc) is 2.34. The predicted molar refractivity (Wildman–Crippen MR) is 59.6 cm³/mol. The molecule has 6 heteroatoms. The lowest BCUT2D eigenvalue weighted by molar-refractivity contribution is -0.384. The van der Waals surface area contributed by atoms with Gasteiger partial charge in [-0.2, -0.15) is 5.26 Å². The third-order valence-electron chi connectivity index (χ3n) is 1.93. The molecule has 0 amide bonds. The number of hydrogen-bond acceptors (Lipinski definition) is 5. The second-order valence-electron chi connectivity index (χ2n) is 3.25. The number of nitro benzene ring substituents is 1. The summed E-state index contributed by atoms with van der Waals surface area (Å²) in [5, 5.41) is 19.0. The Hall–Kier alpha value is -2.13. The minimum atomic E-state index is -0.485. The van der Waals surface area contributed by atoms with Crippen LogP contribution in [-0.4, -0.2) is 24.2 Å². The quantitative estimate of drug-likeness (QED) is 0.427. The largest absolute Gasteiger partial charge is 0.491 e. The molecular formula is C11H12N2O4. The van der Waals surface area contributed by atoms with Gasteiger partial charge in [-0.1, -0.05) is 6.07 Å². The Labute approximate surface area is 98.5 Å².